The predicted octanol–water partition coefficient (Wildman–Crippen LogP) is 1.15. The fraction of sp³-hybridized carbons (Fsp3) is 0.478. The molecule has 1 heterocycles. The molecule has 0 saturated heterocycles. The van der Waals surface area contributed by atoms with Gasteiger partial charge in [0.15, 0.2) is 0 Å². The molecule has 1 aromatic heterocycles. The molecule has 0 fully saturated rings. The van der Waals surface area contributed by atoms with E-state index < -0.39 is 42.4 Å². The Bertz CT molecular complexity index is 1020. The van der Waals surface area contributed by atoms with Crippen molar-refractivity contribution in [3.05, 3.63) is 42.2 Å². The molecule has 0 aliphatic heterocycles. The van der Waals surface area contributed by atoms with E-state index in [9.17, 15) is 24.3 Å². The van der Waals surface area contributed by atoms with Crippen molar-refractivity contribution in [2.45, 2.75) is 57.3 Å². The van der Waals surface area contributed by atoms with Gasteiger partial charge in [-0.1, -0.05) is 23.4 Å². The maximum atomic E-state index is 12.0. The van der Waals surface area contributed by atoms with E-state index in [-0.39, 0.29) is 12.8 Å². The average Bonchev–Trinajstić information content (AvgIpc) is 3.31. The van der Waals surface area contributed by atoms with Crippen molar-refractivity contribution in [3.8, 4) is 0 Å². The summed E-state index contributed by atoms with van der Waals surface area (Å²) in [5.74, 6) is -3.89. The van der Waals surface area contributed by atoms with Crippen LogP contribution >= 0.6 is 0 Å². The van der Waals surface area contributed by atoms with E-state index in [0.717, 1.165) is 5.69 Å². The molecule has 14 nitrogen and oxygen atoms in total. The molecule has 0 unspecified atom stereocenters. The topological polar surface area (TPSA) is 205 Å². The van der Waals surface area contributed by atoms with Crippen molar-refractivity contribution >= 4 is 29.6 Å². The Morgan fingerprint density at radius 1 is 0.946 bits per heavy atom. The Hall–Kier alpha value is -4.20. The highest BCUT2D eigenvalue weighted by molar-refractivity contribution is 5.86. The molecule has 0 radical (unpaired) electrons. The average molecular weight is 521 g/mol. The van der Waals surface area contributed by atoms with Crippen molar-refractivity contribution in [2.24, 2.45) is 0 Å². The van der Waals surface area contributed by atoms with Gasteiger partial charge < -0.3 is 36.0 Å². The number of aromatic nitrogens is 3. The van der Waals surface area contributed by atoms with Gasteiger partial charge in [0, 0.05) is 25.2 Å². The summed E-state index contributed by atoms with van der Waals surface area (Å²) >= 11 is 0. The number of unbranched alkanes of at least 4 members (excludes halogenated alkanes) is 1. The molecule has 2 rings (SSSR count). The highest BCUT2D eigenvalue weighted by Gasteiger charge is 2.24. The Kier molecular flexibility index (Phi) is 12.3. The highest BCUT2D eigenvalue weighted by Crippen LogP contribution is 2.06. The highest BCUT2D eigenvalue weighted by atomic mass is 16.5. The minimum absolute atomic E-state index is 0.106. The number of ether oxygens (including phenoxy) is 1. The second-order valence-corrected chi connectivity index (χ2v) is 8.15. The van der Waals surface area contributed by atoms with Gasteiger partial charge in [-0.3, -0.25) is 9.48 Å². The van der Waals surface area contributed by atoms with E-state index in [4.69, 9.17) is 14.9 Å². The lowest BCUT2D eigenvalue weighted by Crippen LogP contribution is -2.51. The van der Waals surface area contributed by atoms with Gasteiger partial charge in [-0.05, 0) is 37.8 Å². The number of aliphatic carboxylic acids is 3. The lowest BCUT2D eigenvalue weighted by molar-refractivity contribution is -0.140. The minimum Gasteiger partial charge on any atom is -0.481 e. The molecular weight excluding hydrogens is 488 g/mol. The summed E-state index contributed by atoms with van der Waals surface area (Å²) in [5.41, 5.74) is 1.68. The fourth-order valence-corrected chi connectivity index (χ4v) is 3.28. The third kappa shape index (κ3) is 11.9. The number of carbonyl (C=O) groups excluding carboxylic acids is 1. The molecular formula is C23H32N6O8. The number of anilines is 1. The number of hydrogen-bond donors (Lipinski definition) is 6. The third-order valence-corrected chi connectivity index (χ3v) is 5.17. The summed E-state index contributed by atoms with van der Waals surface area (Å²) in [7, 11) is 0. The number of carbonyl (C=O) groups is 4. The number of carboxylic acids is 3. The van der Waals surface area contributed by atoms with Gasteiger partial charge >= 0.3 is 23.9 Å². The van der Waals surface area contributed by atoms with Gasteiger partial charge in [0.05, 0.1) is 19.4 Å². The van der Waals surface area contributed by atoms with E-state index in [1.165, 1.54) is 0 Å². The van der Waals surface area contributed by atoms with Gasteiger partial charge in [0.25, 0.3) is 0 Å². The molecule has 0 aliphatic carbocycles. The Morgan fingerprint density at radius 2 is 1.62 bits per heavy atom. The number of nitrogens with one attached hydrogen (secondary N) is 3. The summed E-state index contributed by atoms with van der Waals surface area (Å²) in [6, 6.07) is 6.09. The summed E-state index contributed by atoms with van der Waals surface area (Å²) in [6.07, 6.45) is 2.07. The summed E-state index contributed by atoms with van der Waals surface area (Å²) < 4.78 is 7.21. The van der Waals surface area contributed by atoms with Crippen LogP contribution in [-0.2, 0) is 32.3 Å². The largest absolute Gasteiger partial charge is 0.481 e. The zero-order chi connectivity index (χ0) is 27.0. The Morgan fingerprint density at radius 3 is 2.27 bits per heavy atom. The first kappa shape index (κ1) is 29.0. The van der Waals surface area contributed by atoms with Crippen LogP contribution in [-0.4, -0.2) is 79.5 Å². The monoisotopic (exact) mass is 520 g/mol. The van der Waals surface area contributed by atoms with Crippen molar-refractivity contribution in [2.75, 3.05) is 18.5 Å². The van der Waals surface area contributed by atoms with Crippen LogP contribution in [0.4, 0.5) is 10.5 Å². The SMILES string of the molecule is O=C(O)CC[C@H](NC(=O)N[C@@H](CCCCn1cc(COCCNc2ccccc2)nn1)C(=O)O)C(=O)O. The van der Waals surface area contributed by atoms with Crippen LogP contribution < -0.4 is 16.0 Å². The Balaban J connectivity index is 1.65. The molecule has 0 bridgehead atoms. The molecule has 0 spiro atoms. The Labute approximate surface area is 213 Å². The first-order chi connectivity index (χ1) is 17.7. The van der Waals surface area contributed by atoms with Crippen LogP contribution in [0.15, 0.2) is 36.5 Å². The lowest BCUT2D eigenvalue weighted by atomic mass is 10.1. The number of rotatable bonds is 18. The van der Waals surface area contributed by atoms with Crippen LogP contribution in [0.2, 0.25) is 0 Å². The molecule has 37 heavy (non-hydrogen) atoms. The van der Waals surface area contributed by atoms with Gasteiger partial charge in [0.2, 0.25) is 0 Å². The van der Waals surface area contributed by atoms with Crippen LogP contribution in [0.1, 0.15) is 37.8 Å². The van der Waals surface area contributed by atoms with Gasteiger partial charge in [-0.2, -0.15) is 0 Å². The van der Waals surface area contributed by atoms with E-state index >= 15 is 0 Å². The van der Waals surface area contributed by atoms with Gasteiger partial charge in [0.1, 0.15) is 17.8 Å². The second kappa shape index (κ2) is 15.7. The van der Waals surface area contributed by atoms with Crippen LogP contribution in [0.25, 0.3) is 0 Å². The molecule has 1 aromatic carbocycles. The number of urea groups is 1. The number of amides is 2. The summed E-state index contributed by atoms with van der Waals surface area (Å²) in [4.78, 5) is 45.3. The summed E-state index contributed by atoms with van der Waals surface area (Å²) in [6.45, 7) is 1.93. The molecule has 2 atom stereocenters. The number of para-hydroxylation sites is 1. The summed E-state index contributed by atoms with van der Waals surface area (Å²) in [5, 5.41) is 42.8. The van der Waals surface area contributed by atoms with Gasteiger partial charge in [-0.15, -0.1) is 5.10 Å². The fourth-order valence-electron chi connectivity index (χ4n) is 3.28. The molecule has 0 saturated carbocycles. The zero-order valence-corrected chi connectivity index (χ0v) is 20.2. The number of nitrogens with zero attached hydrogens (tertiary/aromatic N) is 3. The van der Waals surface area contributed by atoms with Gasteiger partial charge in [-0.25, -0.2) is 14.4 Å². The number of aryl methyl sites for hydroxylation is 1. The first-order valence-electron chi connectivity index (χ1n) is 11.7. The molecule has 6 N–H and O–H groups in total. The molecule has 0 aliphatic rings. The van der Waals surface area contributed by atoms with Crippen LogP contribution in [0.5, 0.6) is 0 Å². The molecule has 2 aromatic rings. The van der Waals surface area contributed by atoms with Crippen molar-refractivity contribution in [1.29, 1.82) is 0 Å². The predicted molar refractivity (Wildman–Crippen MR) is 130 cm³/mol. The standard InChI is InChI=1S/C23H32N6O8/c30-20(31)10-9-19(22(34)35)26-23(36)25-18(21(32)33)8-4-5-12-29-14-17(27-28-29)15-37-13-11-24-16-6-2-1-3-7-16/h1-3,6-7,14,18-19,24H,4-5,8-13,15H2,(H,30,31)(H,32,33)(H,34,35)(H2,25,26,36)/t18-,19-/m0/s1. The minimum atomic E-state index is -1.45. The van der Waals surface area contributed by atoms with Crippen LogP contribution in [0.3, 0.4) is 0 Å². The smallest absolute Gasteiger partial charge is 0.326 e. The van der Waals surface area contributed by atoms with Crippen molar-refractivity contribution in [3.63, 3.8) is 0 Å². The molecule has 202 valence electrons. The lowest BCUT2D eigenvalue weighted by Gasteiger charge is -2.18. The molecule has 14 heteroatoms. The molecule has 2 amide bonds. The van der Waals surface area contributed by atoms with E-state index in [1.54, 1.807) is 10.9 Å². The first-order valence-corrected chi connectivity index (χ1v) is 11.7. The van der Waals surface area contributed by atoms with Crippen molar-refractivity contribution < 1.29 is 39.2 Å². The second-order valence-electron chi connectivity index (χ2n) is 8.15. The van der Waals surface area contributed by atoms with E-state index in [2.05, 4.69) is 26.3 Å². The third-order valence-electron chi connectivity index (χ3n) is 5.17. The maximum Gasteiger partial charge on any atom is 0.326 e. The van der Waals surface area contributed by atoms with E-state index in [1.807, 2.05) is 30.3 Å². The van der Waals surface area contributed by atoms with Crippen molar-refractivity contribution in [1.82, 2.24) is 25.6 Å². The van der Waals surface area contributed by atoms with E-state index in [0.29, 0.717) is 44.8 Å². The number of benzene rings is 1. The zero-order valence-electron chi connectivity index (χ0n) is 20.2. The quantitative estimate of drug-likeness (QED) is 0.154. The number of hydrogen-bond acceptors (Lipinski definition) is 8. The maximum absolute atomic E-state index is 12.0. The number of carboxylic acid groups (broad SMARTS) is 3. The van der Waals surface area contributed by atoms with Crippen LogP contribution in [0, 0.1) is 0 Å². The normalized spacial score (nSPS) is 12.3.